The zero-order valence-electron chi connectivity index (χ0n) is 20.7. The van der Waals surface area contributed by atoms with Gasteiger partial charge in [0.15, 0.2) is 0 Å². The molecule has 0 aromatic heterocycles. The molecule has 5 rings (SSSR count). The highest BCUT2D eigenvalue weighted by Gasteiger charge is 2.53. The van der Waals surface area contributed by atoms with Crippen LogP contribution in [0.1, 0.15) is 77.2 Å². The van der Waals surface area contributed by atoms with Crippen LogP contribution in [0.15, 0.2) is 24.3 Å². The third-order valence-corrected chi connectivity index (χ3v) is 7.99. The van der Waals surface area contributed by atoms with Gasteiger partial charge in [-0.1, -0.05) is 39.0 Å². The smallest absolute Gasteiger partial charge is 0.414 e. The Hall–Kier alpha value is -2.12. The van der Waals surface area contributed by atoms with Gasteiger partial charge < -0.3 is 25.4 Å². The molecule has 2 atom stereocenters. The lowest BCUT2D eigenvalue weighted by molar-refractivity contribution is -0.159. The van der Waals surface area contributed by atoms with Crippen LogP contribution >= 0.6 is 0 Å². The summed E-state index contributed by atoms with van der Waals surface area (Å²) in [6.07, 6.45) is 9.40. The summed E-state index contributed by atoms with van der Waals surface area (Å²) in [5.74, 6) is 0.607. The van der Waals surface area contributed by atoms with E-state index in [1.165, 1.54) is 44.1 Å². The number of rotatable bonds is 9. The van der Waals surface area contributed by atoms with Crippen LogP contribution in [0.3, 0.4) is 0 Å². The number of carboxylic acids is 2. The lowest BCUT2D eigenvalue weighted by Gasteiger charge is -2.59. The van der Waals surface area contributed by atoms with Crippen molar-refractivity contribution in [1.29, 1.82) is 0 Å². The van der Waals surface area contributed by atoms with E-state index in [-0.39, 0.29) is 0 Å². The third-order valence-electron chi connectivity index (χ3n) is 7.99. The first-order valence-corrected chi connectivity index (χ1v) is 12.7. The van der Waals surface area contributed by atoms with Crippen molar-refractivity contribution in [3.05, 3.63) is 29.8 Å². The van der Waals surface area contributed by atoms with Crippen LogP contribution in [0.2, 0.25) is 0 Å². The van der Waals surface area contributed by atoms with Gasteiger partial charge in [-0.15, -0.1) is 0 Å². The van der Waals surface area contributed by atoms with Gasteiger partial charge >= 0.3 is 11.9 Å². The number of ether oxygens (including phenoxy) is 1. The number of benzene rings is 1. The summed E-state index contributed by atoms with van der Waals surface area (Å²) in [5.41, 5.74) is 1.71. The van der Waals surface area contributed by atoms with E-state index in [0.29, 0.717) is 30.5 Å². The molecule has 0 spiro atoms. The number of hydrogen-bond donors (Lipinski definition) is 4. The van der Waals surface area contributed by atoms with E-state index >= 15 is 0 Å². The molecule has 4 aliphatic carbocycles. The fourth-order valence-corrected chi connectivity index (χ4v) is 7.01. The Morgan fingerprint density at radius 2 is 1.56 bits per heavy atom. The van der Waals surface area contributed by atoms with Crippen molar-refractivity contribution in [1.82, 2.24) is 5.32 Å². The highest BCUT2D eigenvalue weighted by Crippen LogP contribution is 2.61. The number of carbonyl (C=O) groups is 2. The van der Waals surface area contributed by atoms with E-state index in [4.69, 9.17) is 24.5 Å². The van der Waals surface area contributed by atoms with Gasteiger partial charge in [-0.05, 0) is 85.7 Å². The minimum Gasteiger partial charge on any atom is -0.491 e. The van der Waals surface area contributed by atoms with Crippen molar-refractivity contribution in [2.24, 2.45) is 23.2 Å². The minimum absolute atomic E-state index is 0.355. The van der Waals surface area contributed by atoms with Crippen LogP contribution in [0.25, 0.3) is 0 Å². The maximum Gasteiger partial charge on any atom is 0.414 e. The van der Waals surface area contributed by atoms with Crippen LogP contribution < -0.4 is 10.1 Å². The molecule has 0 saturated heterocycles. The molecule has 4 fully saturated rings. The Balaban J connectivity index is 0.000000481. The van der Waals surface area contributed by atoms with Crippen molar-refractivity contribution >= 4 is 11.9 Å². The van der Waals surface area contributed by atoms with E-state index < -0.39 is 18.0 Å². The molecule has 0 aliphatic heterocycles. The van der Waals surface area contributed by atoms with Crippen molar-refractivity contribution in [2.45, 2.75) is 83.8 Å². The number of carboxylic acid groups (broad SMARTS) is 2. The summed E-state index contributed by atoms with van der Waals surface area (Å²) in [4.78, 5) is 18.2. The van der Waals surface area contributed by atoms with Crippen molar-refractivity contribution < 1.29 is 29.6 Å². The van der Waals surface area contributed by atoms with Gasteiger partial charge in [0, 0.05) is 12.6 Å². The number of aliphatic hydroxyl groups excluding tert-OH is 1. The summed E-state index contributed by atoms with van der Waals surface area (Å²) in [7, 11) is 0. The lowest BCUT2D eigenvalue weighted by atomic mass is 9.47. The summed E-state index contributed by atoms with van der Waals surface area (Å²) in [5, 5.41) is 29.1. The highest BCUT2D eigenvalue weighted by atomic mass is 16.5. The summed E-state index contributed by atoms with van der Waals surface area (Å²) < 4.78 is 5.99. The number of hydrogen-bond acceptors (Lipinski definition) is 5. The standard InChI is InChI=1S/C25H39NO2.C2H2O4/c1-4-24(25-12-18-9-19(13-25)11-20(10-18)14-25)26-15-21(27)16-28-23-8-6-5-7-22(23)17(2)3;3-1(4)2(5)6/h5-8,17-21,24,26-27H,4,9-16H2,1-3H3;(H,3,4)(H,5,6). The molecule has 0 radical (unpaired) electrons. The molecular formula is C27H41NO6. The number of nitrogens with one attached hydrogen (secondary N) is 1. The zero-order chi connectivity index (χ0) is 24.9. The number of aliphatic hydroxyl groups is 1. The molecule has 0 heterocycles. The molecule has 7 heteroatoms. The van der Waals surface area contributed by atoms with Crippen LogP contribution in [0, 0.1) is 23.2 Å². The van der Waals surface area contributed by atoms with Gasteiger partial charge in [0.25, 0.3) is 0 Å². The van der Waals surface area contributed by atoms with Gasteiger partial charge in [0.05, 0.1) is 0 Å². The van der Waals surface area contributed by atoms with Gasteiger partial charge in [-0.25, -0.2) is 9.59 Å². The predicted octanol–water partition coefficient (Wildman–Crippen LogP) is 4.29. The molecule has 7 nitrogen and oxygen atoms in total. The van der Waals surface area contributed by atoms with E-state index in [1.807, 2.05) is 12.1 Å². The molecule has 2 unspecified atom stereocenters. The van der Waals surface area contributed by atoms with Crippen molar-refractivity contribution in [3.63, 3.8) is 0 Å². The summed E-state index contributed by atoms with van der Waals surface area (Å²) >= 11 is 0. The Morgan fingerprint density at radius 1 is 1.03 bits per heavy atom. The van der Waals surface area contributed by atoms with Gasteiger partial charge in [-0.3, -0.25) is 0 Å². The monoisotopic (exact) mass is 475 g/mol. The second-order valence-electron chi connectivity index (χ2n) is 10.9. The molecule has 0 amide bonds. The van der Waals surface area contributed by atoms with E-state index in [1.54, 1.807) is 0 Å². The molecule has 34 heavy (non-hydrogen) atoms. The molecular weight excluding hydrogens is 434 g/mol. The number of para-hydroxylation sites is 1. The second kappa shape index (κ2) is 11.5. The Morgan fingerprint density at radius 3 is 2.03 bits per heavy atom. The average Bonchev–Trinajstić information content (AvgIpc) is 2.77. The zero-order valence-corrected chi connectivity index (χ0v) is 20.7. The molecule has 190 valence electrons. The van der Waals surface area contributed by atoms with Crippen LogP contribution in [0.5, 0.6) is 5.75 Å². The summed E-state index contributed by atoms with van der Waals surface area (Å²) in [6, 6.07) is 8.73. The molecule has 4 bridgehead atoms. The topological polar surface area (TPSA) is 116 Å². The Bertz CT molecular complexity index is 791. The Labute approximate surface area is 202 Å². The van der Waals surface area contributed by atoms with Gasteiger partial charge in [-0.2, -0.15) is 0 Å². The molecule has 1 aromatic carbocycles. The van der Waals surface area contributed by atoms with E-state index in [0.717, 1.165) is 29.9 Å². The first-order valence-electron chi connectivity index (χ1n) is 12.7. The van der Waals surface area contributed by atoms with Crippen molar-refractivity contribution in [2.75, 3.05) is 13.2 Å². The SMILES string of the molecule is CCC(NCC(O)COc1ccccc1C(C)C)C12CC3CC(CC(C3)C1)C2.O=C(O)C(=O)O. The molecule has 4 aliphatic rings. The van der Waals surface area contributed by atoms with Crippen molar-refractivity contribution in [3.8, 4) is 5.75 Å². The van der Waals surface area contributed by atoms with Gasteiger partial charge in [0.2, 0.25) is 0 Å². The largest absolute Gasteiger partial charge is 0.491 e. The van der Waals surface area contributed by atoms with Crippen LogP contribution in [0.4, 0.5) is 0 Å². The van der Waals surface area contributed by atoms with Crippen LogP contribution in [-0.4, -0.2) is 52.6 Å². The predicted molar refractivity (Wildman–Crippen MR) is 130 cm³/mol. The fourth-order valence-electron chi connectivity index (χ4n) is 7.01. The Kier molecular flexibility index (Phi) is 8.99. The second-order valence-corrected chi connectivity index (χ2v) is 10.9. The summed E-state index contributed by atoms with van der Waals surface area (Å²) in [6.45, 7) is 7.66. The van der Waals surface area contributed by atoms with E-state index in [9.17, 15) is 5.11 Å². The molecule has 4 saturated carbocycles. The van der Waals surface area contributed by atoms with Crippen LogP contribution in [-0.2, 0) is 9.59 Å². The van der Waals surface area contributed by atoms with Gasteiger partial charge in [0.1, 0.15) is 18.5 Å². The minimum atomic E-state index is -1.82. The first kappa shape index (κ1) is 26.5. The maximum atomic E-state index is 10.6. The fraction of sp³-hybridized carbons (Fsp3) is 0.704. The molecule has 1 aromatic rings. The third kappa shape index (κ3) is 6.51. The molecule has 4 N–H and O–H groups in total. The van der Waals surface area contributed by atoms with E-state index in [2.05, 4.69) is 38.2 Å². The average molecular weight is 476 g/mol. The normalized spacial score (nSPS) is 28.7. The lowest BCUT2D eigenvalue weighted by Crippen LogP contribution is -2.56. The first-order chi connectivity index (χ1) is 16.1. The highest BCUT2D eigenvalue weighted by molar-refractivity contribution is 6.27. The number of aliphatic carboxylic acids is 2. The maximum absolute atomic E-state index is 10.6. The quantitative estimate of drug-likeness (QED) is 0.394.